The van der Waals surface area contributed by atoms with Crippen LogP contribution in [0.2, 0.25) is 0 Å². The molecule has 0 aliphatic rings. The van der Waals surface area contributed by atoms with Crippen LogP contribution in [0.15, 0.2) is 11.2 Å². The first-order valence-corrected chi connectivity index (χ1v) is 3.40. The van der Waals surface area contributed by atoms with Crippen LogP contribution in [0.5, 0.6) is 0 Å². The summed E-state index contributed by atoms with van der Waals surface area (Å²) in [5, 5.41) is 11.0. The van der Waals surface area contributed by atoms with Gasteiger partial charge in [0.1, 0.15) is 5.03 Å². The number of hydrogen-bond acceptors (Lipinski definition) is 3. The van der Waals surface area contributed by atoms with Crippen LogP contribution in [-0.2, 0) is 0 Å². The highest BCUT2D eigenvalue weighted by molar-refractivity contribution is 7.99. The molecule has 0 aromatic carbocycles. The van der Waals surface area contributed by atoms with Crippen LogP contribution in [0.4, 0.5) is 0 Å². The van der Waals surface area contributed by atoms with Crippen molar-refractivity contribution in [3.8, 4) is 0 Å². The molecule has 8 heavy (non-hydrogen) atoms. The molecule has 0 spiro atoms. The lowest BCUT2D eigenvalue weighted by atomic mass is 10.9. The topological polar surface area (TPSA) is 41.6 Å². The van der Waals surface area contributed by atoms with Crippen molar-refractivity contribution in [1.82, 2.24) is 15.4 Å². The summed E-state index contributed by atoms with van der Waals surface area (Å²) < 4.78 is 0. The monoisotopic (exact) mass is 131 g/mol. The highest BCUT2D eigenvalue weighted by atomic mass is 32.2. The number of aromatic nitrogens is 3. The number of rotatable bonds is 2. The summed E-state index contributed by atoms with van der Waals surface area (Å²) in [6, 6.07) is 0. The van der Waals surface area contributed by atoms with Gasteiger partial charge in [-0.2, -0.15) is 10.3 Å². The molecule has 46 valence electrons. The molecule has 1 rings (SSSR count). The molecule has 0 radical (unpaired) electrons. The smallest absolute Gasteiger partial charge is 0.138 e. The quantitative estimate of drug-likeness (QED) is 0.612. The Bertz CT molecular complexity index is 142. The summed E-state index contributed by atoms with van der Waals surface area (Å²) in [6.45, 7) is 2.08. The van der Waals surface area contributed by atoms with Gasteiger partial charge in [-0.25, -0.2) is 0 Å². The van der Waals surface area contributed by atoms with Gasteiger partial charge in [0.25, 0.3) is 0 Å². The van der Waals surface area contributed by atoms with Crippen LogP contribution >= 0.6 is 11.8 Å². The predicted molar refractivity (Wildman–Crippen MR) is 34.9 cm³/mol. The summed E-state index contributed by atoms with van der Waals surface area (Å²) in [7, 11) is 0. The van der Waals surface area contributed by atoms with Crippen LogP contribution in [-0.4, -0.2) is 21.2 Å². The fourth-order valence-corrected chi connectivity index (χ4v) is 0.937. The number of thioether (sulfide) groups is 1. The number of aromatic amines is 1. The zero-order valence-corrected chi connectivity index (χ0v) is 5.40. The van der Waals surface area contributed by atoms with Gasteiger partial charge in [0.05, 0.1) is 6.20 Å². The number of H-pyrrole nitrogens is 1. The Hall–Kier alpha value is -0.510. The molecule has 0 bridgehead atoms. The van der Waals surface area contributed by atoms with Crippen LogP contribution in [0.25, 0.3) is 0 Å². The molecule has 1 aromatic rings. The summed E-state index contributed by atoms with van der Waals surface area (Å²) in [6.07, 6.45) is 1.72. The minimum atomic E-state index is 0. The third kappa shape index (κ3) is 1.23. The molecular weight excluding hydrogens is 122 g/mol. The average molecular weight is 131 g/mol. The van der Waals surface area contributed by atoms with Gasteiger partial charge in [0.15, 0.2) is 0 Å². The third-order valence-corrected chi connectivity index (χ3v) is 1.47. The van der Waals surface area contributed by atoms with Gasteiger partial charge in [-0.1, -0.05) is 6.92 Å². The first-order valence-electron chi connectivity index (χ1n) is 2.42. The van der Waals surface area contributed by atoms with E-state index in [9.17, 15) is 0 Å². The lowest BCUT2D eigenvalue weighted by Gasteiger charge is -1.82. The maximum Gasteiger partial charge on any atom is 0.138 e. The average Bonchev–Trinajstić information content (AvgIpc) is 2.19. The number of nitrogens with zero attached hydrogens (tertiary/aromatic N) is 2. The van der Waals surface area contributed by atoms with Crippen molar-refractivity contribution in [1.29, 1.82) is 0 Å². The minimum Gasteiger partial charge on any atom is -0.197 e. The van der Waals surface area contributed by atoms with Crippen molar-refractivity contribution < 1.29 is 1.43 Å². The van der Waals surface area contributed by atoms with E-state index in [2.05, 4.69) is 22.3 Å². The van der Waals surface area contributed by atoms with Crippen molar-refractivity contribution in [3.05, 3.63) is 6.20 Å². The van der Waals surface area contributed by atoms with E-state index < -0.39 is 0 Å². The lowest BCUT2D eigenvalue weighted by molar-refractivity contribution is 0.911. The molecule has 0 aliphatic heterocycles. The van der Waals surface area contributed by atoms with Gasteiger partial charge >= 0.3 is 0 Å². The van der Waals surface area contributed by atoms with Crippen molar-refractivity contribution >= 4 is 11.8 Å². The molecule has 1 N–H and O–H groups in total. The van der Waals surface area contributed by atoms with Crippen molar-refractivity contribution in [3.63, 3.8) is 0 Å². The Balaban J connectivity index is 0.000000640. The van der Waals surface area contributed by atoms with E-state index in [1.807, 2.05) is 0 Å². The van der Waals surface area contributed by atoms with E-state index in [-0.39, 0.29) is 1.43 Å². The van der Waals surface area contributed by atoms with Gasteiger partial charge in [-0.05, 0) is 5.75 Å². The summed E-state index contributed by atoms with van der Waals surface area (Å²) >= 11 is 1.68. The van der Waals surface area contributed by atoms with E-state index in [0.29, 0.717) is 0 Å². The summed E-state index contributed by atoms with van der Waals surface area (Å²) in [5.74, 6) is 1.05. The molecule has 0 unspecified atom stereocenters. The maximum absolute atomic E-state index is 3.83. The molecule has 0 saturated carbocycles. The third-order valence-electron chi connectivity index (χ3n) is 0.685. The molecule has 1 heterocycles. The molecule has 3 nitrogen and oxygen atoms in total. The molecule has 0 saturated heterocycles. The second-order valence-electron chi connectivity index (χ2n) is 1.24. The van der Waals surface area contributed by atoms with Gasteiger partial charge in [0, 0.05) is 1.43 Å². The Kier molecular flexibility index (Phi) is 1.91. The van der Waals surface area contributed by atoms with Gasteiger partial charge in [-0.3, -0.25) is 0 Å². The number of hydrogen-bond donors (Lipinski definition) is 1. The summed E-state index contributed by atoms with van der Waals surface area (Å²) in [5.41, 5.74) is 0. The molecule has 0 atom stereocenters. The van der Waals surface area contributed by atoms with Crippen LogP contribution in [0.3, 0.4) is 0 Å². The Morgan fingerprint density at radius 1 is 2.00 bits per heavy atom. The van der Waals surface area contributed by atoms with E-state index in [4.69, 9.17) is 0 Å². The Labute approximate surface area is 53.4 Å². The van der Waals surface area contributed by atoms with Crippen molar-refractivity contribution in [2.24, 2.45) is 0 Å². The second kappa shape index (κ2) is 2.71. The fraction of sp³-hybridized carbons (Fsp3) is 0.500. The zero-order valence-electron chi connectivity index (χ0n) is 4.59. The van der Waals surface area contributed by atoms with Crippen LogP contribution in [0, 0.1) is 0 Å². The second-order valence-corrected chi connectivity index (χ2v) is 2.53. The zero-order chi connectivity index (χ0) is 5.82. The molecule has 0 fully saturated rings. The molecule has 0 aliphatic carbocycles. The molecule has 4 heteroatoms. The van der Waals surface area contributed by atoms with Crippen molar-refractivity contribution in [2.75, 3.05) is 5.75 Å². The normalized spacial score (nSPS) is 9.62. The van der Waals surface area contributed by atoms with Gasteiger partial charge < -0.3 is 0 Å². The molecule has 0 amide bonds. The van der Waals surface area contributed by atoms with Crippen LogP contribution < -0.4 is 0 Å². The highest BCUT2D eigenvalue weighted by Gasteiger charge is 1.89. The van der Waals surface area contributed by atoms with Crippen molar-refractivity contribution in [2.45, 2.75) is 11.9 Å². The first-order chi connectivity index (χ1) is 3.93. The standard InChI is InChI=1S/C4H7N3S.H2/c1-2-8-4-3-5-7-6-4;/h3H,2H2,1H3,(H,5,6,7);1H. The predicted octanol–water partition coefficient (Wildman–Crippen LogP) is 1.16. The Morgan fingerprint density at radius 2 is 2.88 bits per heavy atom. The van der Waals surface area contributed by atoms with Gasteiger partial charge in [0.2, 0.25) is 0 Å². The Morgan fingerprint density at radius 3 is 3.38 bits per heavy atom. The minimum absolute atomic E-state index is 0. The van der Waals surface area contributed by atoms with Gasteiger partial charge in [-0.15, -0.1) is 16.9 Å². The maximum atomic E-state index is 3.83. The van der Waals surface area contributed by atoms with E-state index in [1.165, 1.54) is 0 Å². The van der Waals surface area contributed by atoms with Crippen LogP contribution in [0.1, 0.15) is 8.35 Å². The van der Waals surface area contributed by atoms with E-state index >= 15 is 0 Å². The number of nitrogens with one attached hydrogen (secondary N) is 1. The summed E-state index contributed by atoms with van der Waals surface area (Å²) in [4.78, 5) is 0. The molecule has 1 aromatic heterocycles. The SMILES string of the molecule is CCSc1cn[nH]n1.[HH]. The first kappa shape index (κ1) is 5.62. The lowest BCUT2D eigenvalue weighted by Crippen LogP contribution is -1.70. The highest BCUT2D eigenvalue weighted by Crippen LogP contribution is 2.10. The fourth-order valence-electron chi connectivity index (χ4n) is 0.409. The van der Waals surface area contributed by atoms with E-state index in [1.54, 1.807) is 18.0 Å². The largest absolute Gasteiger partial charge is 0.197 e. The van der Waals surface area contributed by atoms with E-state index in [0.717, 1.165) is 10.8 Å². The molecular formula is C4H9N3S.